The van der Waals surface area contributed by atoms with Crippen molar-refractivity contribution in [1.29, 1.82) is 0 Å². The number of imidazole rings is 1. The summed E-state index contributed by atoms with van der Waals surface area (Å²) in [6.07, 6.45) is 1.87. The van der Waals surface area contributed by atoms with E-state index in [1.807, 2.05) is 66.9 Å². The van der Waals surface area contributed by atoms with Crippen molar-refractivity contribution in [3.05, 3.63) is 241 Å². The molecule has 0 saturated carbocycles. The van der Waals surface area contributed by atoms with Gasteiger partial charge < -0.3 is 5.11 Å². The van der Waals surface area contributed by atoms with E-state index in [0.29, 0.717) is 22.5 Å². The van der Waals surface area contributed by atoms with Gasteiger partial charge in [0.15, 0.2) is 0 Å². The summed E-state index contributed by atoms with van der Waals surface area (Å²) in [5, 5.41) is 12.6. The number of aryl methyl sites for hydroxylation is 1. The Morgan fingerprint density at radius 2 is 1.09 bits per heavy atom. The molecule has 11 aromatic rings. The molecule has 0 aliphatic rings. The number of hydrogen-bond donors (Lipinski definition) is 1. The minimum Gasteiger partial charge on any atom is -0.507 e. The molecule has 76 heavy (non-hydrogen) atoms. The van der Waals surface area contributed by atoms with E-state index in [9.17, 15) is 5.11 Å². The molecule has 0 atom stereocenters. The fourth-order valence-corrected chi connectivity index (χ4v) is 10.3. The van der Waals surface area contributed by atoms with E-state index in [4.69, 9.17) is 14.1 Å². The van der Waals surface area contributed by atoms with Crippen LogP contribution in [0.4, 0.5) is 0 Å². The van der Waals surface area contributed by atoms with Crippen molar-refractivity contribution in [2.45, 2.75) is 72.6 Å². The van der Waals surface area contributed by atoms with Gasteiger partial charge in [0.2, 0.25) is 0 Å². The molecule has 2 aromatic heterocycles. The third-order valence-electron chi connectivity index (χ3n) is 14.5. The number of para-hydroxylation sites is 1. The summed E-state index contributed by atoms with van der Waals surface area (Å²) in [7, 11) is 0. The minimum atomic E-state index is -2.45. The maximum atomic E-state index is 12.6. The van der Waals surface area contributed by atoms with Crippen LogP contribution in [0.1, 0.15) is 86.7 Å². The van der Waals surface area contributed by atoms with Gasteiger partial charge in [-0.05, 0) is 121 Å². The largest absolute Gasteiger partial charge is 0.507 e. The molecular weight excluding hydrogens is 1110 g/mol. The van der Waals surface area contributed by atoms with Gasteiger partial charge in [-0.2, -0.15) is 0 Å². The standard InChI is InChI=1S/C71H62N3O.Pt/c1-45(2)55-41-61(46(3)4)69(75)64(42-55)70-73-68-60(25-18-26-66(68)74(70)67-44-62(52-23-16-11-17-24-52)47(5)37-63(67)53-31-33-59(34-32-53)71(6,7)8)57-38-56(49-21-14-10-15-22-49)39-58(40-57)65-43-54(35-36-72-65)51-29-27-50(28-30-51)48-19-12-9-13-20-48;/h9-39,41-46,75H,1-8H3;/q-1;/i5D3;. The fourth-order valence-electron chi connectivity index (χ4n) is 10.3. The average Bonchev–Trinajstić information content (AvgIpc) is 4.13. The van der Waals surface area contributed by atoms with Gasteiger partial charge in [0.1, 0.15) is 11.6 Å². The van der Waals surface area contributed by atoms with Gasteiger partial charge in [-0.15, -0.1) is 23.8 Å². The predicted octanol–water partition coefficient (Wildman–Crippen LogP) is 19.1. The van der Waals surface area contributed by atoms with Crippen molar-refractivity contribution in [3.8, 4) is 101 Å². The van der Waals surface area contributed by atoms with Gasteiger partial charge in [-0.1, -0.05) is 229 Å². The van der Waals surface area contributed by atoms with Crippen LogP contribution in [0.3, 0.4) is 0 Å². The number of hydrogen-bond acceptors (Lipinski definition) is 3. The Labute approximate surface area is 467 Å². The molecule has 1 N–H and O–H groups in total. The maximum absolute atomic E-state index is 12.6. The van der Waals surface area contributed by atoms with Crippen molar-refractivity contribution < 1.29 is 30.3 Å². The third-order valence-corrected chi connectivity index (χ3v) is 14.5. The molecule has 9 aromatic carbocycles. The molecule has 2 heterocycles. The first-order valence-corrected chi connectivity index (χ1v) is 26.0. The van der Waals surface area contributed by atoms with Gasteiger partial charge >= 0.3 is 0 Å². The molecule has 11 rings (SSSR count). The first-order valence-electron chi connectivity index (χ1n) is 27.5. The van der Waals surface area contributed by atoms with Crippen LogP contribution in [-0.4, -0.2) is 19.6 Å². The number of rotatable bonds is 11. The van der Waals surface area contributed by atoms with E-state index in [2.05, 4.69) is 205 Å². The van der Waals surface area contributed by atoms with E-state index < -0.39 is 6.85 Å². The maximum Gasteiger partial charge on any atom is 0.148 e. The summed E-state index contributed by atoms with van der Waals surface area (Å²) in [5.74, 6) is 0.835. The molecule has 5 heteroatoms. The van der Waals surface area contributed by atoms with Gasteiger partial charge in [-0.25, -0.2) is 4.98 Å². The summed E-state index contributed by atoms with van der Waals surface area (Å²) >= 11 is 0. The van der Waals surface area contributed by atoms with Crippen molar-refractivity contribution in [2.24, 2.45) is 0 Å². The number of benzene rings is 9. The Hall–Kier alpha value is -7.91. The van der Waals surface area contributed by atoms with Gasteiger partial charge in [0, 0.05) is 42.6 Å². The monoisotopic (exact) mass is 1170 g/mol. The van der Waals surface area contributed by atoms with Gasteiger partial charge in [-0.3, -0.25) is 9.55 Å². The third kappa shape index (κ3) is 10.1. The molecule has 0 aliphatic carbocycles. The molecule has 0 aliphatic heterocycles. The Morgan fingerprint density at radius 3 is 1.71 bits per heavy atom. The van der Waals surface area contributed by atoms with Crippen LogP contribution in [0.15, 0.2) is 212 Å². The zero-order chi connectivity index (χ0) is 54.5. The molecule has 0 bridgehead atoms. The van der Waals surface area contributed by atoms with Crippen LogP contribution in [-0.2, 0) is 26.5 Å². The van der Waals surface area contributed by atoms with Crippen LogP contribution in [0.5, 0.6) is 5.75 Å². The Kier molecular flexibility index (Phi) is 13.4. The summed E-state index contributed by atoms with van der Waals surface area (Å²) in [6.45, 7) is 12.6. The Morgan fingerprint density at radius 1 is 0.513 bits per heavy atom. The fraction of sp³-hybridized carbons (Fsp3) is 0.155. The number of phenolic OH excluding ortho intramolecular Hbond substituents is 1. The molecule has 4 nitrogen and oxygen atoms in total. The number of phenols is 1. The van der Waals surface area contributed by atoms with Crippen molar-refractivity contribution in [3.63, 3.8) is 0 Å². The van der Waals surface area contributed by atoms with Crippen LogP contribution >= 0.6 is 0 Å². The smallest absolute Gasteiger partial charge is 0.148 e. The van der Waals surface area contributed by atoms with E-state index in [0.717, 1.165) is 94.8 Å². The number of aromatic hydroxyl groups is 1. The van der Waals surface area contributed by atoms with E-state index in [-0.39, 0.29) is 49.6 Å². The number of pyridine rings is 1. The molecular formula is C71H62N3OPt-. The molecule has 0 radical (unpaired) electrons. The average molecular weight is 1170 g/mol. The predicted molar refractivity (Wildman–Crippen MR) is 314 cm³/mol. The molecule has 0 amide bonds. The van der Waals surface area contributed by atoms with Crippen LogP contribution in [0, 0.1) is 12.9 Å². The first kappa shape index (κ1) is 47.8. The zero-order valence-electron chi connectivity index (χ0n) is 47.0. The number of fused-ring (bicyclic) bond motifs is 1. The van der Waals surface area contributed by atoms with E-state index in [1.165, 1.54) is 5.56 Å². The summed E-state index contributed by atoms with van der Waals surface area (Å²) < 4.78 is 29.1. The molecule has 378 valence electrons. The van der Waals surface area contributed by atoms with Crippen LogP contribution < -0.4 is 0 Å². The van der Waals surface area contributed by atoms with E-state index in [1.54, 1.807) is 0 Å². The van der Waals surface area contributed by atoms with Crippen LogP contribution in [0.25, 0.3) is 106 Å². The molecule has 0 unspecified atom stereocenters. The van der Waals surface area contributed by atoms with Crippen molar-refractivity contribution in [1.82, 2.24) is 14.5 Å². The Bertz CT molecular complexity index is 3970. The Balaban J connectivity index is 0.00000704. The molecule has 0 saturated heterocycles. The van der Waals surface area contributed by atoms with Crippen molar-refractivity contribution in [2.75, 3.05) is 0 Å². The van der Waals surface area contributed by atoms with Crippen molar-refractivity contribution >= 4 is 11.0 Å². The SMILES string of the molecule is [2H]C([2H])([2H])c1cc(-c2ccc(C(C)(C)C)cc2)c(-n2c(-c3cc(C(C)C)cc(C(C)C)c3O)nc3c(-c4[c-]c(-c5cc(-c6ccc(-c7ccccc7)cc6)ccn5)cc(-c5ccccc5)c4)cccc32)cc1-c1ccccc1.[Pt]. The zero-order valence-corrected chi connectivity index (χ0v) is 46.2. The number of nitrogens with zero attached hydrogens (tertiary/aromatic N) is 3. The second-order valence-electron chi connectivity index (χ2n) is 21.3. The summed E-state index contributed by atoms with van der Waals surface area (Å²) in [4.78, 5) is 10.7. The molecule has 0 fully saturated rings. The second kappa shape index (κ2) is 21.4. The summed E-state index contributed by atoms with van der Waals surface area (Å²) in [5.41, 5.74) is 18.6. The van der Waals surface area contributed by atoms with Gasteiger partial charge in [0.05, 0.1) is 22.3 Å². The second-order valence-corrected chi connectivity index (χ2v) is 21.3. The quantitative estimate of drug-likeness (QED) is 0.131. The summed E-state index contributed by atoms with van der Waals surface area (Å²) in [6, 6.07) is 74.3. The topological polar surface area (TPSA) is 50.9 Å². The number of aromatic nitrogens is 3. The van der Waals surface area contributed by atoms with E-state index >= 15 is 0 Å². The van der Waals surface area contributed by atoms with Crippen LogP contribution in [0.2, 0.25) is 0 Å². The molecule has 0 spiro atoms. The van der Waals surface area contributed by atoms with Gasteiger partial charge in [0.25, 0.3) is 0 Å². The normalized spacial score (nSPS) is 12.4. The first-order chi connectivity index (χ1) is 37.5. The minimum absolute atomic E-state index is 0.